The second kappa shape index (κ2) is 19.8. The fourth-order valence-electron chi connectivity index (χ4n) is 10.8. The highest BCUT2D eigenvalue weighted by Crippen LogP contribution is 2.54. The van der Waals surface area contributed by atoms with Gasteiger partial charge in [0.2, 0.25) is 5.91 Å². The number of rotatable bonds is 18. The topological polar surface area (TPSA) is 171 Å². The molecule has 0 saturated carbocycles. The number of carbonyl (C=O) groups is 5. The highest BCUT2D eigenvalue weighted by atomic mass is 32.2. The SMILES string of the molecule is CCCC1(CCC)/C(=C\C=C\C2N(CCC(=O)O)c3cc(NC(=O)CN4C(=O)/C(=C\C=C5/N(CC)c6ccccc6C5(C)C)SC4=S)ccc3C2(C)C)N(CCC(=O)O)c2ccc(C(=O)O)cc21. The number of allylic oxidation sites excluding steroid dienone is 6. The van der Waals surface area contributed by atoms with Crippen LogP contribution in [0.5, 0.6) is 0 Å². The lowest BCUT2D eigenvalue weighted by Crippen LogP contribution is -2.41. The fourth-order valence-corrected chi connectivity index (χ4v) is 12.0. The maximum Gasteiger partial charge on any atom is 0.335 e. The van der Waals surface area contributed by atoms with Crippen molar-refractivity contribution >= 4 is 80.8 Å². The van der Waals surface area contributed by atoms with Gasteiger partial charge in [0, 0.05) is 70.0 Å². The number of para-hydroxylation sites is 1. The zero-order chi connectivity index (χ0) is 49.3. The van der Waals surface area contributed by atoms with Gasteiger partial charge in [-0.15, -0.1) is 0 Å². The van der Waals surface area contributed by atoms with Gasteiger partial charge in [-0.25, -0.2) is 4.79 Å². The second-order valence-electron chi connectivity index (χ2n) is 18.9. The predicted molar refractivity (Wildman–Crippen MR) is 274 cm³/mol. The first kappa shape index (κ1) is 49.7. The molecule has 3 aromatic carbocycles. The number of amides is 2. The molecule has 0 aromatic heterocycles. The third-order valence-corrected chi connectivity index (χ3v) is 15.3. The summed E-state index contributed by atoms with van der Waals surface area (Å²) < 4.78 is 0.286. The molecule has 3 aromatic rings. The maximum absolute atomic E-state index is 13.7. The van der Waals surface area contributed by atoms with E-state index in [1.807, 2.05) is 64.4 Å². The number of carboxylic acids is 3. The van der Waals surface area contributed by atoms with Gasteiger partial charge < -0.3 is 35.3 Å². The van der Waals surface area contributed by atoms with Gasteiger partial charge >= 0.3 is 17.9 Å². The number of thiocarbonyl (C=S) groups is 1. The summed E-state index contributed by atoms with van der Waals surface area (Å²) in [6.45, 7) is 15.6. The van der Waals surface area contributed by atoms with Crippen molar-refractivity contribution in [3.05, 3.63) is 130 Å². The van der Waals surface area contributed by atoms with E-state index in [2.05, 4.69) is 70.8 Å². The van der Waals surface area contributed by atoms with Crippen LogP contribution in [-0.2, 0) is 35.4 Å². The average Bonchev–Trinajstić information content (AvgIpc) is 3.86. The first-order valence-corrected chi connectivity index (χ1v) is 24.5. The molecular weight excluding hydrogens is 899 g/mol. The molecule has 68 heavy (non-hydrogen) atoms. The molecule has 4 heterocycles. The number of nitrogens with zero attached hydrogens (tertiary/aromatic N) is 4. The standard InChI is InChI=1S/C53H61N5O8S2/c1-8-26-53(27-9-2)37-30-33(49(65)66)18-21-39(37)56(28-24-46(60)61)44(53)17-13-16-42-52(6,7)36-20-19-34(31-40(36)57(42)29-25-47(62)63)54-45(59)32-58-48(64)41(68-50(58)67)22-23-43-51(4,5)35-14-11-12-15-38(35)55(43)10-3/h11-23,30-31,42H,8-10,24-29,32H2,1-7H3,(H,54,59)(H,60,61)(H,62,63)(H,65,66)/b16-13+,41-22+,43-23-,44-17+. The molecule has 0 bridgehead atoms. The Balaban J connectivity index is 1.14. The number of anilines is 4. The zero-order valence-electron chi connectivity index (χ0n) is 39.8. The molecule has 2 amide bonds. The van der Waals surface area contributed by atoms with Crippen LogP contribution < -0.4 is 20.0 Å². The minimum absolute atomic E-state index is 0.120. The number of benzene rings is 3. The molecule has 7 rings (SSSR count). The van der Waals surface area contributed by atoms with Crippen LogP contribution in [0.15, 0.2) is 107 Å². The normalized spacial score (nSPS) is 20.5. The van der Waals surface area contributed by atoms with E-state index in [1.165, 1.54) is 10.5 Å². The smallest absolute Gasteiger partial charge is 0.335 e. The molecular formula is C53H61N5O8S2. The lowest BCUT2D eigenvalue weighted by Gasteiger charge is -2.34. The van der Waals surface area contributed by atoms with Crippen LogP contribution in [0.25, 0.3) is 0 Å². The number of nitrogens with one attached hydrogen (secondary N) is 1. The summed E-state index contributed by atoms with van der Waals surface area (Å²) >= 11 is 6.78. The van der Waals surface area contributed by atoms with Gasteiger partial charge in [0.15, 0.2) is 0 Å². The summed E-state index contributed by atoms with van der Waals surface area (Å²) in [5.41, 5.74) is 6.99. The van der Waals surface area contributed by atoms with E-state index in [0.717, 1.165) is 83.6 Å². The quantitative estimate of drug-likeness (QED) is 0.0702. The summed E-state index contributed by atoms with van der Waals surface area (Å²) in [5, 5.41) is 32.6. The number of aromatic carboxylic acids is 1. The number of carboxylic acid groups (broad SMARTS) is 3. The third-order valence-electron chi connectivity index (χ3n) is 13.9. The zero-order valence-corrected chi connectivity index (χ0v) is 41.4. The number of fused-ring (bicyclic) bond motifs is 3. The van der Waals surface area contributed by atoms with Crippen LogP contribution in [0.3, 0.4) is 0 Å². The first-order valence-electron chi connectivity index (χ1n) is 23.3. The van der Waals surface area contributed by atoms with Crippen molar-refractivity contribution in [2.75, 3.05) is 46.2 Å². The van der Waals surface area contributed by atoms with Crippen molar-refractivity contribution in [1.82, 2.24) is 4.90 Å². The van der Waals surface area contributed by atoms with Gasteiger partial charge in [-0.1, -0.05) is 115 Å². The van der Waals surface area contributed by atoms with Crippen molar-refractivity contribution < 1.29 is 39.3 Å². The van der Waals surface area contributed by atoms with E-state index in [1.54, 1.807) is 24.3 Å². The summed E-state index contributed by atoms with van der Waals surface area (Å²) in [6, 6.07) is 18.6. The van der Waals surface area contributed by atoms with E-state index < -0.39 is 34.6 Å². The van der Waals surface area contributed by atoms with Crippen LogP contribution in [0.1, 0.15) is 114 Å². The Morgan fingerprint density at radius 2 is 1.43 bits per heavy atom. The van der Waals surface area contributed by atoms with Gasteiger partial charge in [0.25, 0.3) is 5.91 Å². The summed E-state index contributed by atoms with van der Waals surface area (Å²) in [4.78, 5) is 71.6. The van der Waals surface area contributed by atoms with Gasteiger partial charge in [-0.2, -0.15) is 0 Å². The van der Waals surface area contributed by atoms with E-state index >= 15 is 0 Å². The van der Waals surface area contributed by atoms with Crippen LogP contribution in [-0.4, -0.2) is 86.5 Å². The van der Waals surface area contributed by atoms with E-state index in [4.69, 9.17) is 12.2 Å². The van der Waals surface area contributed by atoms with E-state index in [9.17, 15) is 39.3 Å². The molecule has 4 aliphatic rings. The molecule has 4 N–H and O–H groups in total. The lowest BCUT2D eigenvalue weighted by atomic mass is 9.72. The Kier molecular flexibility index (Phi) is 14.5. The molecule has 0 radical (unpaired) electrons. The van der Waals surface area contributed by atoms with Gasteiger partial charge in [-0.05, 0) is 91.1 Å². The summed E-state index contributed by atoms with van der Waals surface area (Å²) in [5.74, 6) is -3.71. The first-order chi connectivity index (χ1) is 32.3. The monoisotopic (exact) mass is 959 g/mol. The number of aliphatic carboxylic acids is 2. The lowest BCUT2D eigenvalue weighted by molar-refractivity contribution is -0.137. The Hall–Kier alpha value is -6.19. The summed E-state index contributed by atoms with van der Waals surface area (Å²) in [6.07, 6.45) is 12.6. The Morgan fingerprint density at radius 1 is 0.750 bits per heavy atom. The molecule has 15 heteroatoms. The Morgan fingerprint density at radius 3 is 2.09 bits per heavy atom. The second-order valence-corrected chi connectivity index (χ2v) is 20.5. The highest BCUT2D eigenvalue weighted by Gasteiger charge is 2.47. The summed E-state index contributed by atoms with van der Waals surface area (Å²) in [7, 11) is 0. The van der Waals surface area contributed by atoms with Crippen LogP contribution >= 0.6 is 24.0 Å². The van der Waals surface area contributed by atoms with Crippen molar-refractivity contribution in [2.45, 2.75) is 109 Å². The fraction of sp³-hybridized carbons (Fsp3) is 0.396. The third kappa shape index (κ3) is 9.22. The molecule has 13 nitrogen and oxygen atoms in total. The number of likely N-dealkylation sites (N-methyl/N-ethyl adjacent to an activating group) is 1. The molecule has 1 atom stereocenters. The number of thioether (sulfide) groups is 1. The largest absolute Gasteiger partial charge is 0.481 e. The van der Waals surface area contributed by atoms with Gasteiger partial charge in [-0.3, -0.25) is 24.1 Å². The average molecular weight is 960 g/mol. The number of hydrogen-bond acceptors (Lipinski definition) is 10. The van der Waals surface area contributed by atoms with Gasteiger partial charge in [0.05, 0.1) is 29.4 Å². The minimum atomic E-state index is -1.03. The highest BCUT2D eigenvalue weighted by molar-refractivity contribution is 8.26. The Bertz CT molecular complexity index is 2680. The molecule has 1 saturated heterocycles. The van der Waals surface area contributed by atoms with E-state index in [0.29, 0.717) is 10.6 Å². The molecule has 4 aliphatic heterocycles. The molecule has 0 spiro atoms. The predicted octanol–water partition coefficient (Wildman–Crippen LogP) is 9.98. The van der Waals surface area contributed by atoms with Crippen LogP contribution in [0.4, 0.5) is 22.7 Å². The maximum atomic E-state index is 13.7. The molecule has 1 fully saturated rings. The molecule has 0 aliphatic carbocycles. The van der Waals surface area contributed by atoms with E-state index in [-0.39, 0.29) is 59.7 Å². The molecule has 358 valence electrons. The Labute approximate surface area is 408 Å². The van der Waals surface area contributed by atoms with Crippen LogP contribution in [0, 0.1) is 0 Å². The van der Waals surface area contributed by atoms with Crippen LogP contribution in [0.2, 0.25) is 0 Å². The van der Waals surface area contributed by atoms with Crippen molar-refractivity contribution in [2.24, 2.45) is 0 Å². The van der Waals surface area contributed by atoms with Gasteiger partial charge in [0.1, 0.15) is 10.9 Å². The number of hydrogen-bond donors (Lipinski definition) is 4. The van der Waals surface area contributed by atoms with Crippen molar-refractivity contribution in [1.29, 1.82) is 0 Å². The molecule has 1 unspecified atom stereocenters. The minimum Gasteiger partial charge on any atom is -0.481 e. The van der Waals surface area contributed by atoms with Crippen molar-refractivity contribution in [3.8, 4) is 0 Å². The van der Waals surface area contributed by atoms with Crippen molar-refractivity contribution in [3.63, 3.8) is 0 Å². The number of carbonyl (C=O) groups excluding carboxylic acids is 2.